The van der Waals surface area contributed by atoms with Gasteiger partial charge in [-0.05, 0) is 37.5 Å². The number of carbonyl (C=O) groups excluding carboxylic acids is 2. The molecule has 0 fully saturated rings. The third-order valence-electron chi connectivity index (χ3n) is 5.20. The van der Waals surface area contributed by atoms with Crippen LogP contribution in [0.25, 0.3) is 5.69 Å². The summed E-state index contributed by atoms with van der Waals surface area (Å²) in [5, 5.41) is 10.7. The van der Waals surface area contributed by atoms with E-state index in [9.17, 15) is 9.59 Å². The first-order chi connectivity index (χ1) is 15.2. The molecule has 176 valence electrons. The summed E-state index contributed by atoms with van der Waals surface area (Å²) in [5.41, 5.74) is 2.72. The van der Waals surface area contributed by atoms with Crippen LogP contribution < -0.4 is 10.6 Å². The van der Waals surface area contributed by atoms with Crippen molar-refractivity contribution >= 4 is 17.8 Å². The number of anilines is 1. The Hall–Kier alpha value is -2.83. The highest BCUT2D eigenvalue weighted by Crippen LogP contribution is 2.26. The smallest absolute Gasteiger partial charge is 0.317 e. The zero-order valence-corrected chi connectivity index (χ0v) is 20.5. The van der Waals surface area contributed by atoms with Gasteiger partial charge in [0.05, 0.1) is 11.4 Å². The highest BCUT2D eigenvalue weighted by atomic mass is 16.2. The van der Waals surface area contributed by atoms with E-state index in [-0.39, 0.29) is 23.9 Å². The molecular formula is C25H39N5O2. The van der Waals surface area contributed by atoms with Gasteiger partial charge >= 0.3 is 6.03 Å². The van der Waals surface area contributed by atoms with Crippen molar-refractivity contribution in [2.45, 2.75) is 72.6 Å². The molecule has 2 aromatic rings. The molecule has 0 atom stereocenters. The molecule has 0 aliphatic heterocycles. The number of nitrogens with zero attached hydrogens (tertiary/aromatic N) is 3. The third kappa shape index (κ3) is 7.39. The van der Waals surface area contributed by atoms with Crippen molar-refractivity contribution in [1.29, 1.82) is 0 Å². The van der Waals surface area contributed by atoms with Crippen molar-refractivity contribution in [2.24, 2.45) is 0 Å². The lowest BCUT2D eigenvalue weighted by atomic mass is 9.92. The van der Waals surface area contributed by atoms with Gasteiger partial charge in [0.15, 0.2) is 0 Å². The molecule has 0 aliphatic rings. The van der Waals surface area contributed by atoms with Crippen LogP contribution in [0, 0.1) is 6.92 Å². The number of aromatic nitrogens is 2. The molecule has 2 N–H and O–H groups in total. The molecule has 2 rings (SSSR count). The molecule has 3 amide bonds. The number of urea groups is 1. The molecule has 0 saturated heterocycles. The summed E-state index contributed by atoms with van der Waals surface area (Å²) in [6.45, 7) is 13.6. The van der Waals surface area contributed by atoms with Gasteiger partial charge in [-0.3, -0.25) is 4.79 Å². The number of hydrogen-bond donors (Lipinski definition) is 2. The largest absolute Gasteiger partial charge is 0.338 e. The Balaban J connectivity index is 2.22. The third-order valence-corrected chi connectivity index (χ3v) is 5.20. The van der Waals surface area contributed by atoms with Crippen molar-refractivity contribution in [1.82, 2.24) is 20.0 Å². The standard InChI is InChI=1S/C25H39N5O2/c1-7-9-14-26-24(32)29(15-10-8-2)18-23(31)27-22-17-21(25(4,5)6)28-30(22)20-13-11-12-19(3)16-20/h11-13,16-17H,7-10,14-15,18H2,1-6H3,(H,26,32)(H,27,31). The summed E-state index contributed by atoms with van der Waals surface area (Å²) in [6.07, 6.45) is 3.74. The monoisotopic (exact) mass is 441 g/mol. The Labute approximate surface area is 192 Å². The number of rotatable bonds is 10. The van der Waals surface area contributed by atoms with E-state index in [0.29, 0.717) is 18.9 Å². The highest BCUT2D eigenvalue weighted by molar-refractivity contribution is 5.94. The van der Waals surface area contributed by atoms with Crippen LogP contribution in [0.5, 0.6) is 0 Å². The summed E-state index contributed by atoms with van der Waals surface area (Å²) in [6, 6.07) is 9.73. The molecule has 1 aromatic carbocycles. The Morgan fingerprint density at radius 1 is 1.09 bits per heavy atom. The summed E-state index contributed by atoms with van der Waals surface area (Å²) >= 11 is 0. The van der Waals surface area contributed by atoms with E-state index in [0.717, 1.165) is 42.6 Å². The van der Waals surface area contributed by atoms with Crippen LogP contribution in [-0.2, 0) is 10.2 Å². The Kier molecular flexibility index (Phi) is 9.29. The van der Waals surface area contributed by atoms with Crippen LogP contribution in [0.2, 0.25) is 0 Å². The lowest BCUT2D eigenvalue weighted by molar-refractivity contribution is -0.116. The van der Waals surface area contributed by atoms with E-state index >= 15 is 0 Å². The maximum atomic E-state index is 13.0. The Morgan fingerprint density at radius 3 is 2.44 bits per heavy atom. The average molecular weight is 442 g/mol. The molecule has 0 spiro atoms. The fourth-order valence-corrected chi connectivity index (χ4v) is 3.23. The number of amides is 3. The molecule has 7 heteroatoms. The van der Waals surface area contributed by atoms with E-state index in [4.69, 9.17) is 5.10 Å². The lowest BCUT2D eigenvalue weighted by Gasteiger charge is -2.22. The molecule has 1 heterocycles. The zero-order chi connectivity index (χ0) is 23.7. The van der Waals surface area contributed by atoms with Gasteiger partial charge in [-0.2, -0.15) is 5.10 Å². The summed E-state index contributed by atoms with van der Waals surface area (Å²) in [7, 11) is 0. The number of carbonyl (C=O) groups is 2. The molecule has 7 nitrogen and oxygen atoms in total. The van der Waals surface area contributed by atoms with Crippen LogP contribution in [0.4, 0.5) is 10.6 Å². The first-order valence-electron chi connectivity index (χ1n) is 11.7. The molecule has 32 heavy (non-hydrogen) atoms. The predicted octanol–water partition coefficient (Wildman–Crippen LogP) is 5.03. The van der Waals surface area contributed by atoms with Crippen LogP contribution in [0.1, 0.15) is 71.6 Å². The molecule has 0 saturated carbocycles. The summed E-state index contributed by atoms with van der Waals surface area (Å²) in [4.78, 5) is 27.1. The van der Waals surface area contributed by atoms with Crippen molar-refractivity contribution in [3.63, 3.8) is 0 Å². The van der Waals surface area contributed by atoms with Crippen LogP contribution >= 0.6 is 0 Å². The SMILES string of the molecule is CCCCNC(=O)N(CCCC)CC(=O)Nc1cc(C(C)(C)C)nn1-c1cccc(C)c1. The van der Waals surface area contributed by atoms with E-state index in [1.165, 1.54) is 0 Å². The second-order valence-corrected chi connectivity index (χ2v) is 9.32. The minimum absolute atomic E-state index is 0.00179. The first-order valence-corrected chi connectivity index (χ1v) is 11.7. The second kappa shape index (κ2) is 11.7. The van der Waals surface area contributed by atoms with E-state index in [1.54, 1.807) is 9.58 Å². The van der Waals surface area contributed by atoms with Gasteiger partial charge in [0.1, 0.15) is 12.4 Å². The predicted molar refractivity (Wildman–Crippen MR) is 130 cm³/mol. The summed E-state index contributed by atoms with van der Waals surface area (Å²) in [5.74, 6) is 0.369. The van der Waals surface area contributed by atoms with Gasteiger partial charge in [0.2, 0.25) is 5.91 Å². The number of hydrogen-bond acceptors (Lipinski definition) is 3. The molecule has 0 unspecified atom stereocenters. The fourth-order valence-electron chi connectivity index (χ4n) is 3.23. The van der Waals surface area contributed by atoms with Crippen molar-refractivity contribution in [3.8, 4) is 5.69 Å². The highest BCUT2D eigenvalue weighted by Gasteiger charge is 2.23. The molecule has 0 bridgehead atoms. The van der Waals surface area contributed by atoms with Gasteiger partial charge in [0.25, 0.3) is 0 Å². The normalized spacial score (nSPS) is 11.3. The lowest BCUT2D eigenvalue weighted by Crippen LogP contribution is -2.44. The minimum atomic E-state index is -0.235. The van der Waals surface area contributed by atoms with E-state index in [2.05, 4.69) is 45.3 Å². The quantitative estimate of drug-likeness (QED) is 0.508. The number of nitrogens with one attached hydrogen (secondary N) is 2. The molecule has 0 radical (unpaired) electrons. The minimum Gasteiger partial charge on any atom is -0.338 e. The molecule has 1 aromatic heterocycles. The first kappa shape index (κ1) is 25.4. The maximum absolute atomic E-state index is 13.0. The van der Waals surface area contributed by atoms with Gasteiger partial charge in [-0.1, -0.05) is 59.6 Å². The van der Waals surface area contributed by atoms with Gasteiger partial charge in [-0.15, -0.1) is 0 Å². The average Bonchev–Trinajstić information content (AvgIpc) is 3.15. The topological polar surface area (TPSA) is 79.3 Å². The summed E-state index contributed by atoms with van der Waals surface area (Å²) < 4.78 is 1.77. The van der Waals surface area contributed by atoms with Gasteiger partial charge in [0, 0.05) is 24.6 Å². The Morgan fingerprint density at radius 2 is 1.81 bits per heavy atom. The molecular weight excluding hydrogens is 402 g/mol. The van der Waals surface area contributed by atoms with Crippen molar-refractivity contribution < 1.29 is 9.59 Å². The van der Waals surface area contributed by atoms with Crippen LogP contribution in [-0.4, -0.2) is 46.3 Å². The number of unbranched alkanes of at least 4 members (excludes halogenated alkanes) is 2. The van der Waals surface area contributed by atoms with Gasteiger partial charge in [-0.25, -0.2) is 9.48 Å². The fraction of sp³-hybridized carbons (Fsp3) is 0.560. The number of aryl methyl sites for hydroxylation is 1. The van der Waals surface area contributed by atoms with Crippen molar-refractivity contribution in [2.75, 3.05) is 25.0 Å². The number of benzene rings is 1. The second-order valence-electron chi connectivity index (χ2n) is 9.32. The Bertz CT molecular complexity index is 898. The van der Waals surface area contributed by atoms with Gasteiger partial charge < -0.3 is 15.5 Å². The maximum Gasteiger partial charge on any atom is 0.317 e. The van der Waals surface area contributed by atoms with Crippen LogP contribution in [0.3, 0.4) is 0 Å². The van der Waals surface area contributed by atoms with E-state index in [1.807, 2.05) is 37.3 Å². The van der Waals surface area contributed by atoms with E-state index < -0.39 is 0 Å². The van der Waals surface area contributed by atoms with Crippen molar-refractivity contribution in [3.05, 3.63) is 41.6 Å². The van der Waals surface area contributed by atoms with Crippen LogP contribution in [0.15, 0.2) is 30.3 Å². The molecule has 0 aliphatic carbocycles. The zero-order valence-electron chi connectivity index (χ0n) is 20.5.